The lowest BCUT2D eigenvalue weighted by atomic mass is 9.69. The van der Waals surface area contributed by atoms with Crippen molar-refractivity contribution in [3.63, 3.8) is 0 Å². The van der Waals surface area contributed by atoms with Gasteiger partial charge in [-0.05, 0) is 50.4 Å². The van der Waals surface area contributed by atoms with Gasteiger partial charge in [-0.2, -0.15) is 0 Å². The van der Waals surface area contributed by atoms with E-state index in [0.29, 0.717) is 29.8 Å². The van der Waals surface area contributed by atoms with E-state index in [9.17, 15) is 4.79 Å². The minimum Gasteiger partial charge on any atom is -0.338 e. The number of carbonyl (C=O) groups excluding carboxylic acids is 1. The zero-order valence-electron chi connectivity index (χ0n) is 18.4. The molecule has 5 heteroatoms. The molecule has 3 saturated heterocycles. The molecule has 1 aromatic heterocycles. The Kier molecular flexibility index (Phi) is 5.44. The molecule has 5 rings (SSSR count). The van der Waals surface area contributed by atoms with Crippen LogP contribution in [0, 0.1) is 24.7 Å². The van der Waals surface area contributed by atoms with Crippen LogP contribution in [0.5, 0.6) is 0 Å². The number of fused-ring (bicyclic) bond motifs is 4. The quantitative estimate of drug-likeness (QED) is 0.772. The molecular formula is C24H38N4O. The van der Waals surface area contributed by atoms with Crippen molar-refractivity contribution in [2.45, 2.75) is 89.8 Å². The molecule has 5 nitrogen and oxygen atoms in total. The average molecular weight is 399 g/mol. The molecular weight excluding hydrogens is 360 g/mol. The largest absolute Gasteiger partial charge is 0.338 e. The number of aryl methyl sites for hydroxylation is 2. The molecule has 3 aliphatic heterocycles. The van der Waals surface area contributed by atoms with Crippen molar-refractivity contribution < 1.29 is 4.79 Å². The Hall–Kier alpha value is -1.36. The van der Waals surface area contributed by atoms with Crippen molar-refractivity contribution in [1.82, 2.24) is 19.4 Å². The summed E-state index contributed by atoms with van der Waals surface area (Å²) >= 11 is 0. The number of amides is 1. The third-order valence-electron chi connectivity index (χ3n) is 8.42. The minimum absolute atomic E-state index is 0.463. The van der Waals surface area contributed by atoms with Crippen LogP contribution >= 0.6 is 0 Å². The maximum Gasteiger partial charge on any atom is 0.223 e. The minimum atomic E-state index is 0.463. The summed E-state index contributed by atoms with van der Waals surface area (Å²) in [7, 11) is 2.09. The van der Waals surface area contributed by atoms with Gasteiger partial charge in [-0.3, -0.25) is 9.69 Å². The summed E-state index contributed by atoms with van der Waals surface area (Å²) in [6.45, 7) is 5.32. The van der Waals surface area contributed by atoms with Crippen LogP contribution in [0.15, 0.2) is 6.20 Å². The summed E-state index contributed by atoms with van der Waals surface area (Å²) in [4.78, 5) is 22.9. The van der Waals surface area contributed by atoms with Crippen LogP contribution in [0.1, 0.15) is 75.7 Å². The topological polar surface area (TPSA) is 41.4 Å². The third-order valence-corrected chi connectivity index (χ3v) is 8.42. The monoisotopic (exact) mass is 398 g/mol. The molecule has 4 atom stereocenters. The zero-order valence-corrected chi connectivity index (χ0v) is 18.4. The maximum absolute atomic E-state index is 13.0. The molecule has 2 bridgehead atoms. The van der Waals surface area contributed by atoms with Crippen LogP contribution < -0.4 is 0 Å². The highest BCUT2D eigenvalue weighted by Gasteiger charge is 2.49. The Labute approximate surface area is 175 Å². The van der Waals surface area contributed by atoms with Gasteiger partial charge in [-0.15, -0.1) is 0 Å². The van der Waals surface area contributed by atoms with Crippen LogP contribution in [0.4, 0.5) is 0 Å². The molecule has 0 N–H and O–H groups in total. The first-order valence-corrected chi connectivity index (χ1v) is 12.1. The van der Waals surface area contributed by atoms with Gasteiger partial charge in [0, 0.05) is 51.4 Å². The van der Waals surface area contributed by atoms with Crippen molar-refractivity contribution in [3.8, 4) is 0 Å². The lowest BCUT2D eigenvalue weighted by molar-refractivity contribution is -0.154. The van der Waals surface area contributed by atoms with E-state index in [4.69, 9.17) is 4.98 Å². The van der Waals surface area contributed by atoms with Gasteiger partial charge in [0.05, 0.1) is 5.69 Å². The molecule has 1 amide bonds. The van der Waals surface area contributed by atoms with Gasteiger partial charge in [-0.1, -0.05) is 32.1 Å². The van der Waals surface area contributed by atoms with E-state index in [1.807, 2.05) is 0 Å². The normalized spacial score (nSPS) is 33.7. The average Bonchev–Trinajstić information content (AvgIpc) is 3.03. The first-order chi connectivity index (χ1) is 14.1. The van der Waals surface area contributed by atoms with Gasteiger partial charge in [0.25, 0.3) is 0 Å². The van der Waals surface area contributed by atoms with Crippen LogP contribution in [-0.2, 0) is 18.4 Å². The second-order valence-corrected chi connectivity index (χ2v) is 10.4. The van der Waals surface area contributed by atoms with Crippen molar-refractivity contribution in [1.29, 1.82) is 0 Å². The molecule has 4 aliphatic rings. The Morgan fingerprint density at radius 3 is 2.62 bits per heavy atom. The highest BCUT2D eigenvalue weighted by Crippen LogP contribution is 2.44. The Balaban J connectivity index is 1.35. The van der Waals surface area contributed by atoms with Gasteiger partial charge in [0.15, 0.2) is 0 Å². The molecule has 4 heterocycles. The van der Waals surface area contributed by atoms with Crippen molar-refractivity contribution in [2.75, 3.05) is 13.1 Å². The number of hydrogen-bond donors (Lipinski definition) is 0. The number of imidazole rings is 1. The van der Waals surface area contributed by atoms with Gasteiger partial charge < -0.3 is 9.47 Å². The molecule has 1 saturated carbocycles. The summed E-state index contributed by atoms with van der Waals surface area (Å²) in [6.07, 6.45) is 14.9. The van der Waals surface area contributed by atoms with Crippen molar-refractivity contribution in [3.05, 3.63) is 17.7 Å². The van der Waals surface area contributed by atoms with E-state index in [1.165, 1.54) is 57.1 Å². The zero-order chi connectivity index (χ0) is 20.0. The predicted octanol–water partition coefficient (Wildman–Crippen LogP) is 3.90. The van der Waals surface area contributed by atoms with Gasteiger partial charge in [-0.25, -0.2) is 4.98 Å². The Bertz CT molecular complexity index is 718. The Morgan fingerprint density at radius 2 is 1.86 bits per heavy atom. The summed E-state index contributed by atoms with van der Waals surface area (Å²) in [5, 5.41) is 0. The molecule has 29 heavy (non-hydrogen) atoms. The van der Waals surface area contributed by atoms with Crippen molar-refractivity contribution in [2.24, 2.45) is 24.8 Å². The molecule has 4 fully saturated rings. The number of aromatic nitrogens is 2. The fourth-order valence-electron chi connectivity index (χ4n) is 7.01. The fraction of sp³-hybridized carbons (Fsp3) is 0.833. The number of hydrogen-bond acceptors (Lipinski definition) is 3. The lowest BCUT2D eigenvalue weighted by Crippen LogP contribution is -2.65. The highest BCUT2D eigenvalue weighted by atomic mass is 16.2. The summed E-state index contributed by atoms with van der Waals surface area (Å²) in [5.74, 6) is 3.71. The van der Waals surface area contributed by atoms with Crippen LogP contribution in [-0.4, -0.2) is 50.4 Å². The number of rotatable bonds is 4. The maximum atomic E-state index is 13.0. The number of nitrogens with zero attached hydrogens (tertiary/aromatic N) is 4. The van der Waals surface area contributed by atoms with Gasteiger partial charge >= 0.3 is 0 Å². The second kappa shape index (κ2) is 8.05. The molecule has 0 aromatic carbocycles. The lowest BCUT2D eigenvalue weighted by Gasteiger charge is -2.57. The SMILES string of the molecule is Cc1nc(CN2C[C@H]3C[C@@H](C2)[C@H](CC2CCCCC2)N2C(=O)CCC[C@@H]32)cn1C. The van der Waals surface area contributed by atoms with E-state index in [2.05, 4.69) is 34.5 Å². The smallest absolute Gasteiger partial charge is 0.223 e. The predicted molar refractivity (Wildman–Crippen MR) is 114 cm³/mol. The van der Waals surface area contributed by atoms with E-state index in [-0.39, 0.29) is 0 Å². The second-order valence-electron chi connectivity index (χ2n) is 10.4. The summed E-state index contributed by atoms with van der Waals surface area (Å²) < 4.78 is 2.13. The van der Waals surface area contributed by atoms with Crippen LogP contribution in [0.3, 0.4) is 0 Å². The first kappa shape index (κ1) is 19.6. The van der Waals surface area contributed by atoms with Gasteiger partial charge in [0.1, 0.15) is 5.82 Å². The number of carbonyl (C=O) groups is 1. The molecule has 0 spiro atoms. The van der Waals surface area contributed by atoms with Crippen LogP contribution in [0.2, 0.25) is 0 Å². The van der Waals surface area contributed by atoms with E-state index >= 15 is 0 Å². The summed E-state index contributed by atoms with van der Waals surface area (Å²) in [5.41, 5.74) is 1.20. The fourth-order valence-corrected chi connectivity index (χ4v) is 7.01. The molecule has 1 aliphatic carbocycles. The Morgan fingerprint density at radius 1 is 1.07 bits per heavy atom. The standard InChI is InChI=1S/C24H38N4O/c1-17-25-21(15-26(17)2)16-27-13-19-12-20(14-27)23(11-18-7-4-3-5-8-18)28-22(19)9-6-10-24(28)29/h15,18-20,22-23H,3-14,16H2,1-2H3/t19-,20+,22+,23+/m1/s1. The number of likely N-dealkylation sites (tertiary alicyclic amines) is 1. The molecule has 160 valence electrons. The van der Waals surface area contributed by atoms with Gasteiger partial charge in [0.2, 0.25) is 5.91 Å². The van der Waals surface area contributed by atoms with Crippen molar-refractivity contribution >= 4 is 5.91 Å². The third kappa shape index (κ3) is 3.87. The molecule has 0 unspecified atom stereocenters. The highest BCUT2D eigenvalue weighted by molar-refractivity contribution is 5.78. The molecule has 0 radical (unpaired) electrons. The molecule has 1 aromatic rings. The number of piperidine rings is 3. The van der Waals surface area contributed by atoms with E-state index in [0.717, 1.165) is 44.2 Å². The van der Waals surface area contributed by atoms with Crippen LogP contribution in [0.25, 0.3) is 0 Å². The van der Waals surface area contributed by atoms with E-state index in [1.54, 1.807) is 0 Å². The van der Waals surface area contributed by atoms with E-state index < -0.39 is 0 Å². The summed E-state index contributed by atoms with van der Waals surface area (Å²) in [6, 6.07) is 0.981. The first-order valence-electron chi connectivity index (χ1n) is 12.1.